The van der Waals surface area contributed by atoms with Gasteiger partial charge in [0.05, 0.1) is 33.3 Å². The molecule has 1 aliphatic rings. The lowest BCUT2D eigenvalue weighted by molar-refractivity contribution is 1.18. The number of hydrogen-bond donors (Lipinski definition) is 0. The van der Waals surface area contributed by atoms with Crippen LogP contribution in [-0.2, 0) is 0 Å². The van der Waals surface area contributed by atoms with Gasteiger partial charge in [0.15, 0.2) is 5.82 Å². The third kappa shape index (κ3) is 5.17. The third-order valence-corrected chi connectivity index (χ3v) is 13.4. The second-order valence-electron chi connectivity index (χ2n) is 17.0. The van der Waals surface area contributed by atoms with Gasteiger partial charge in [0.2, 0.25) is 0 Å². The van der Waals surface area contributed by atoms with E-state index in [9.17, 15) is 0 Å². The molecule has 3 heterocycles. The van der Waals surface area contributed by atoms with Gasteiger partial charge in [-0.1, -0.05) is 133 Å². The van der Waals surface area contributed by atoms with E-state index in [4.69, 9.17) is 9.97 Å². The third-order valence-electron chi connectivity index (χ3n) is 13.4. The van der Waals surface area contributed by atoms with Crippen molar-refractivity contribution < 1.29 is 0 Å². The molecule has 0 amide bonds. The monoisotopic (exact) mass is 812 g/mol. The van der Waals surface area contributed by atoms with Gasteiger partial charge in [-0.05, 0) is 129 Å². The highest BCUT2D eigenvalue weighted by Gasteiger charge is 2.24. The first-order chi connectivity index (χ1) is 31.7. The number of nitrogens with zero attached hydrogens (tertiary/aromatic N) is 4. The highest BCUT2D eigenvalue weighted by Crippen LogP contribution is 2.46. The largest absolute Gasteiger partial charge is 0.309 e. The van der Waals surface area contributed by atoms with Crippen molar-refractivity contribution in [2.75, 3.05) is 0 Å². The second-order valence-corrected chi connectivity index (χ2v) is 17.0. The molecule has 0 aliphatic heterocycles. The molecule has 0 unspecified atom stereocenters. The van der Waals surface area contributed by atoms with Crippen molar-refractivity contribution in [3.63, 3.8) is 0 Å². The Morgan fingerprint density at radius 3 is 1.41 bits per heavy atom. The van der Waals surface area contributed by atoms with Crippen LogP contribution in [0.2, 0.25) is 0 Å². The molecule has 0 N–H and O–H groups in total. The van der Waals surface area contributed by atoms with Crippen LogP contribution >= 0.6 is 0 Å². The van der Waals surface area contributed by atoms with Gasteiger partial charge in [0, 0.05) is 49.4 Å². The Kier molecular flexibility index (Phi) is 7.36. The van der Waals surface area contributed by atoms with Crippen molar-refractivity contribution in [3.05, 3.63) is 218 Å². The lowest BCUT2D eigenvalue weighted by Gasteiger charge is -2.10. The first-order valence-electron chi connectivity index (χ1n) is 21.9. The van der Waals surface area contributed by atoms with E-state index in [0.717, 1.165) is 44.7 Å². The van der Waals surface area contributed by atoms with Gasteiger partial charge in [-0.15, -0.1) is 0 Å². The second kappa shape index (κ2) is 13.4. The predicted octanol–water partition coefficient (Wildman–Crippen LogP) is 15.6. The maximum atomic E-state index is 5.18. The molecule has 14 rings (SSSR count). The summed E-state index contributed by atoms with van der Waals surface area (Å²) in [5.74, 6) is 0.751. The Morgan fingerprint density at radius 1 is 0.297 bits per heavy atom. The molecule has 0 fully saturated rings. The summed E-state index contributed by atoms with van der Waals surface area (Å²) >= 11 is 0. The van der Waals surface area contributed by atoms with Gasteiger partial charge in [-0.2, -0.15) is 0 Å². The lowest BCUT2D eigenvalue weighted by Crippen LogP contribution is -1.93. The molecular formula is C60H36N4. The van der Waals surface area contributed by atoms with Crippen LogP contribution in [0.3, 0.4) is 0 Å². The van der Waals surface area contributed by atoms with E-state index in [1.165, 1.54) is 87.9 Å². The zero-order valence-corrected chi connectivity index (χ0v) is 34.6. The average molecular weight is 813 g/mol. The van der Waals surface area contributed by atoms with Crippen molar-refractivity contribution in [2.45, 2.75) is 0 Å². The van der Waals surface area contributed by atoms with Gasteiger partial charge < -0.3 is 9.13 Å². The van der Waals surface area contributed by atoms with Gasteiger partial charge in [-0.25, -0.2) is 9.97 Å². The van der Waals surface area contributed by atoms with Crippen LogP contribution in [-0.4, -0.2) is 19.1 Å². The van der Waals surface area contributed by atoms with E-state index in [1.54, 1.807) is 0 Å². The quantitative estimate of drug-likeness (QED) is 0.174. The van der Waals surface area contributed by atoms with Gasteiger partial charge in [0.1, 0.15) is 0 Å². The highest BCUT2D eigenvalue weighted by molar-refractivity contribution is 6.15. The summed E-state index contributed by atoms with van der Waals surface area (Å²) in [5.41, 5.74) is 18.5. The van der Waals surface area contributed by atoms with E-state index in [-0.39, 0.29) is 0 Å². The van der Waals surface area contributed by atoms with E-state index >= 15 is 0 Å². The number of rotatable bonds is 5. The standard InChI is InChI=1S/C60H36N4/c1-3-12-44(13-4-1)63-54-21-10-9-17-47(54)50-34-41(27-29-55(50)63)42-28-31-57-52(36-42)51-35-40(26-30-56(51)64(57)45-14-5-2-6-15-45)38-22-23-39-33-43(25-24-37(39)32-38)60-61-53-20-11-19-48-46-16-7-8-18-49(46)59(62-60)58(48)53/h1-36H. The van der Waals surface area contributed by atoms with Crippen LogP contribution < -0.4 is 0 Å². The van der Waals surface area contributed by atoms with Crippen molar-refractivity contribution in [1.29, 1.82) is 0 Å². The van der Waals surface area contributed by atoms with Crippen molar-refractivity contribution in [1.82, 2.24) is 19.1 Å². The fourth-order valence-electron chi connectivity index (χ4n) is 10.5. The molecule has 13 aromatic rings. The molecule has 0 spiro atoms. The molecule has 0 bridgehead atoms. The summed E-state index contributed by atoms with van der Waals surface area (Å²) in [4.78, 5) is 10.3. The predicted molar refractivity (Wildman–Crippen MR) is 266 cm³/mol. The van der Waals surface area contributed by atoms with Crippen molar-refractivity contribution >= 4 is 65.3 Å². The van der Waals surface area contributed by atoms with Crippen molar-refractivity contribution in [2.24, 2.45) is 0 Å². The van der Waals surface area contributed by atoms with Crippen molar-refractivity contribution in [3.8, 4) is 67.4 Å². The fraction of sp³-hybridized carbons (Fsp3) is 0. The summed E-state index contributed by atoms with van der Waals surface area (Å²) < 4.78 is 4.78. The number of fused-ring (bicyclic) bond motifs is 10. The molecule has 0 radical (unpaired) electrons. The zero-order valence-electron chi connectivity index (χ0n) is 34.6. The fourth-order valence-corrected chi connectivity index (χ4v) is 10.5. The van der Waals surface area contributed by atoms with Crippen LogP contribution in [0.15, 0.2) is 218 Å². The molecule has 4 heteroatoms. The number of aromatic nitrogens is 4. The summed E-state index contributed by atoms with van der Waals surface area (Å²) in [6.07, 6.45) is 0. The molecule has 296 valence electrons. The molecule has 4 nitrogen and oxygen atoms in total. The Labute approximate surface area is 368 Å². The van der Waals surface area contributed by atoms with E-state index in [1.807, 2.05) is 0 Å². The minimum Gasteiger partial charge on any atom is -0.309 e. The maximum absolute atomic E-state index is 5.18. The lowest BCUT2D eigenvalue weighted by atomic mass is 9.97. The van der Waals surface area contributed by atoms with Crippen LogP contribution in [0, 0.1) is 0 Å². The molecule has 0 saturated heterocycles. The molecular weight excluding hydrogens is 777 g/mol. The maximum Gasteiger partial charge on any atom is 0.160 e. The molecule has 64 heavy (non-hydrogen) atoms. The highest BCUT2D eigenvalue weighted by atomic mass is 15.0. The van der Waals surface area contributed by atoms with Crippen LogP contribution in [0.25, 0.3) is 133 Å². The van der Waals surface area contributed by atoms with Gasteiger partial charge in [-0.3, -0.25) is 0 Å². The number of benzene rings is 10. The summed E-state index contributed by atoms with van der Waals surface area (Å²) in [6, 6.07) is 79.3. The SMILES string of the molecule is c1ccc(-n2c3ccccc3c3cc(-c4ccc5c(c4)c4cc(-c6ccc7cc(-c8nc9c%10c(cccc%10n8)-c8ccccc8-9)ccc7c6)ccc4n5-c4ccccc4)ccc32)cc1. The minimum absolute atomic E-state index is 0.751. The minimum atomic E-state index is 0.751. The Balaban J connectivity index is 0.882. The van der Waals surface area contributed by atoms with Gasteiger partial charge >= 0.3 is 0 Å². The normalized spacial score (nSPS) is 12.1. The number of hydrogen-bond acceptors (Lipinski definition) is 2. The van der Waals surface area contributed by atoms with Crippen LogP contribution in [0.5, 0.6) is 0 Å². The van der Waals surface area contributed by atoms with Crippen LogP contribution in [0.1, 0.15) is 0 Å². The Bertz CT molecular complexity index is 4060. The summed E-state index contributed by atoms with van der Waals surface area (Å²) in [7, 11) is 0. The van der Waals surface area contributed by atoms with Gasteiger partial charge in [0.25, 0.3) is 0 Å². The van der Waals surface area contributed by atoms with Crippen LogP contribution in [0.4, 0.5) is 0 Å². The van der Waals surface area contributed by atoms with E-state index in [0.29, 0.717) is 0 Å². The molecule has 3 aromatic heterocycles. The first-order valence-corrected chi connectivity index (χ1v) is 21.9. The van der Waals surface area contributed by atoms with E-state index in [2.05, 4.69) is 228 Å². The first kappa shape index (κ1) is 35.0. The smallest absolute Gasteiger partial charge is 0.160 e. The molecule has 1 aliphatic carbocycles. The summed E-state index contributed by atoms with van der Waals surface area (Å²) in [6.45, 7) is 0. The Hall–Kier alpha value is -8.60. The Morgan fingerprint density at radius 2 is 0.766 bits per heavy atom. The number of para-hydroxylation sites is 3. The van der Waals surface area contributed by atoms with E-state index < -0.39 is 0 Å². The molecule has 10 aromatic carbocycles. The topological polar surface area (TPSA) is 35.6 Å². The molecule has 0 atom stereocenters. The summed E-state index contributed by atoms with van der Waals surface area (Å²) in [5, 5.41) is 8.43. The average Bonchev–Trinajstić information content (AvgIpc) is 4.00. The zero-order chi connectivity index (χ0) is 41.9. The molecule has 0 saturated carbocycles.